The summed E-state index contributed by atoms with van der Waals surface area (Å²) in [6.07, 6.45) is 4.11. The number of nitrogens with zero attached hydrogens (tertiary/aromatic N) is 2. The maximum Gasteiger partial charge on any atom is 0.118 e. The first-order valence-electron chi connectivity index (χ1n) is 7.79. The van der Waals surface area contributed by atoms with Crippen LogP contribution in [0.1, 0.15) is 35.1 Å². The van der Waals surface area contributed by atoms with E-state index in [-0.39, 0.29) is 12.0 Å². The molecule has 0 amide bonds. The number of aromatic nitrogens is 1. The molecule has 1 heterocycles. The van der Waals surface area contributed by atoms with Gasteiger partial charge in [0, 0.05) is 18.3 Å². The summed E-state index contributed by atoms with van der Waals surface area (Å²) in [5, 5.41) is 3.39. The molecule has 112 valence electrons. The van der Waals surface area contributed by atoms with Crippen molar-refractivity contribution in [2.45, 2.75) is 18.4 Å². The van der Waals surface area contributed by atoms with Crippen LogP contribution in [0.4, 0.5) is 0 Å². The van der Waals surface area contributed by atoms with Crippen LogP contribution in [0.2, 0.25) is 0 Å². The second-order valence-corrected chi connectivity index (χ2v) is 5.86. The molecule has 23 heavy (non-hydrogen) atoms. The summed E-state index contributed by atoms with van der Waals surface area (Å²) in [6.45, 7) is 0. The fourth-order valence-electron chi connectivity index (χ4n) is 3.56. The zero-order valence-electron chi connectivity index (χ0n) is 12.6. The maximum atomic E-state index is 11.4. The van der Waals surface area contributed by atoms with Gasteiger partial charge in [-0.15, -0.1) is 0 Å². The van der Waals surface area contributed by atoms with E-state index < -0.39 is 0 Å². The van der Waals surface area contributed by atoms with E-state index in [0.717, 1.165) is 5.56 Å². The highest BCUT2D eigenvalue weighted by Crippen LogP contribution is 2.48. The van der Waals surface area contributed by atoms with Crippen molar-refractivity contribution in [3.8, 4) is 11.1 Å². The minimum atomic E-state index is -0.359. The van der Waals surface area contributed by atoms with Gasteiger partial charge in [-0.25, -0.2) is 0 Å². The molecule has 4 rings (SSSR count). The Hall–Kier alpha value is -2.81. The van der Waals surface area contributed by atoms with Gasteiger partial charge in [-0.05, 0) is 46.4 Å². The van der Waals surface area contributed by atoms with E-state index in [0.29, 0.717) is 6.42 Å². The van der Waals surface area contributed by atoms with Gasteiger partial charge in [0.15, 0.2) is 0 Å². The molecule has 1 unspecified atom stereocenters. The average Bonchev–Trinajstić information content (AvgIpc) is 2.94. The van der Waals surface area contributed by atoms with Crippen LogP contribution < -0.4 is 0 Å². The van der Waals surface area contributed by atoms with Crippen molar-refractivity contribution in [1.29, 1.82) is 0 Å². The number of pyridine rings is 1. The molecule has 0 N–H and O–H groups in total. The number of benzene rings is 2. The molecule has 0 saturated carbocycles. The Morgan fingerprint density at radius 1 is 0.870 bits per heavy atom. The van der Waals surface area contributed by atoms with Crippen molar-refractivity contribution in [3.05, 3.63) is 94.7 Å². The predicted octanol–water partition coefficient (Wildman–Crippen LogP) is 5.09. The smallest absolute Gasteiger partial charge is 0.118 e. The van der Waals surface area contributed by atoms with Crippen LogP contribution in [0.25, 0.3) is 11.1 Å². The number of hydrogen-bond acceptors (Lipinski definition) is 3. The molecule has 2 aromatic carbocycles. The fraction of sp³-hybridized carbons (Fsp3) is 0.150. The molecule has 0 saturated heterocycles. The zero-order valence-corrected chi connectivity index (χ0v) is 12.6. The second kappa shape index (κ2) is 5.76. The Balaban J connectivity index is 1.75. The highest BCUT2D eigenvalue weighted by atomic mass is 16.3. The SMILES string of the molecule is O=NC(CC1c2ccccc2-c2ccccc21)c1ccncc1. The minimum Gasteiger partial charge on any atom is -0.265 e. The molecule has 0 aliphatic heterocycles. The third kappa shape index (κ3) is 2.34. The van der Waals surface area contributed by atoms with Crippen molar-refractivity contribution < 1.29 is 0 Å². The summed E-state index contributed by atoms with van der Waals surface area (Å²) < 4.78 is 0. The van der Waals surface area contributed by atoms with Gasteiger partial charge in [-0.1, -0.05) is 53.7 Å². The van der Waals surface area contributed by atoms with Gasteiger partial charge in [0.1, 0.15) is 6.04 Å². The quantitative estimate of drug-likeness (QED) is 0.630. The normalized spacial score (nSPS) is 14.1. The first-order chi connectivity index (χ1) is 11.4. The fourth-order valence-corrected chi connectivity index (χ4v) is 3.56. The molecule has 1 aliphatic carbocycles. The summed E-state index contributed by atoms with van der Waals surface area (Å²) in [5.74, 6) is 0.207. The Bertz CT molecular complexity index is 800. The zero-order chi connectivity index (χ0) is 15.6. The van der Waals surface area contributed by atoms with Crippen molar-refractivity contribution in [1.82, 2.24) is 4.98 Å². The van der Waals surface area contributed by atoms with E-state index in [1.165, 1.54) is 22.3 Å². The second-order valence-electron chi connectivity index (χ2n) is 5.86. The molecule has 3 aromatic rings. The maximum absolute atomic E-state index is 11.4. The molecule has 3 nitrogen and oxygen atoms in total. The molecular weight excluding hydrogens is 284 g/mol. The third-order valence-electron chi connectivity index (χ3n) is 4.64. The van der Waals surface area contributed by atoms with Crippen LogP contribution in [-0.2, 0) is 0 Å². The Morgan fingerprint density at radius 3 is 2.00 bits per heavy atom. The van der Waals surface area contributed by atoms with E-state index >= 15 is 0 Å². The minimum absolute atomic E-state index is 0.207. The Morgan fingerprint density at radius 2 is 1.43 bits per heavy atom. The number of hydrogen-bond donors (Lipinski definition) is 0. The standard InChI is InChI=1S/C20H16N2O/c23-22-20(14-9-11-21-12-10-14)13-19-17-7-3-1-5-15(17)16-6-2-4-8-18(16)19/h1-12,19-20H,13H2. The van der Waals surface area contributed by atoms with Crippen molar-refractivity contribution in [2.75, 3.05) is 0 Å². The molecule has 0 bridgehead atoms. The van der Waals surface area contributed by atoms with E-state index in [1.807, 2.05) is 12.1 Å². The lowest BCUT2D eigenvalue weighted by Crippen LogP contribution is -2.04. The number of fused-ring (bicyclic) bond motifs is 3. The summed E-state index contributed by atoms with van der Waals surface area (Å²) in [4.78, 5) is 15.5. The average molecular weight is 300 g/mol. The van der Waals surface area contributed by atoms with Crippen molar-refractivity contribution in [3.63, 3.8) is 0 Å². The molecule has 0 fully saturated rings. The van der Waals surface area contributed by atoms with Gasteiger partial charge >= 0.3 is 0 Å². The van der Waals surface area contributed by atoms with Crippen LogP contribution >= 0.6 is 0 Å². The summed E-state index contributed by atoms with van der Waals surface area (Å²) in [5.41, 5.74) is 6.05. The summed E-state index contributed by atoms with van der Waals surface area (Å²) >= 11 is 0. The molecule has 1 aromatic heterocycles. The van der Waals surface area contributed by atoms with Crippen LogP contribution in [0.15, 0.2) is 78.2 Å². The Labute approximate surface area is 135 Å². The van der Waals surface area contributed by atoms with Crippen LogP contribution in [0, 0.1) is 4.91 Å². The van der Waals surface area contributed by atoms with E-state index in [1.54, 1.807) is 12.4 Å². The van der Waals surface area contributed by atoms with E-state index in [4.69, 9.17) is 0 Å². The molecule has 3 heteroatoms. The number of nitroso groups, excluding NO2 is 1. The summed E-state index contributed by atoms with van der Waals surface area (Å²) in [7, 11) is 0. The van der Waals surface area contributed by atoms with Gasteiger partial charge < -0.3 is 0 Å². The molecule has 1 atom stereocenters. The third-order valence-corrected chi connectivity index (χ3v) is 4.64. The van der Waals surface area contributed by atoms with Crippen molar-refractivity contribution in [2.24, 2.45) is 5.18 Å². The monoisotopic (exact) mass is 300 g/mol. The predicted molar refractivity (Wildman–Crippen MR) is 91.1 cm³/mol. The van der Waals surface area contributed by atoms with Crippen LogP contribution in [0.3, 0.4) is 0 Å². The summed E-state index contributed by atoms with van der Waals surface area (Å²) in [6, 6.07) is 20.3. The largest absolute Gasteiger partial charge is 0.265 e. The molecular formula is C20H16N2O. The highest BCUT2D eigenvalue weighted by molar-refractivity contribution is 5.78. The lowest BCUT2D eigenvalue weighted by atomic mass is 9.88. The van der Waals surface area contributed by atoms with Crippen LogP contribution in [-0.4, -0.2) is 4.98 Å². The van der Waals surface area contributed by atoms with Gasteiger partial charge in [-0.2, -0.15) is 4.91 Å². The lowest BCUT2D eigenvalue weighted by molar-refractivity contribution is 0.601. The van der Waals surface area contributed by atoms with Crippen molar-refractivity contribution >= 4 is 0 Å². The van der Waals surface area contributed by atoms with Gasteiger partial charge in [0.25, 0.3) is 0 Å². The Kier molecular flexibility index (Phi) is 3.46. The van der Waals surface area contributed by atoms with E-state index in [9.17, 15) is 4.91 Å². The van der Waals surface area contributed by atoms with Gasteiger partial charge in [0.05, 0.1) is 0 Å². The number of rotatable bonds is 4. The first kappa shape index (κ1) is 13.8. The molecule has 0 spiro atoms. The van der Waals surface area contributed by atoms with Gasteiger partial charge in [-0.3, -0.25) is 4.98 Å². The first-order valence-corrected chi connectivity index (χ1v) is 7.79. The lowest BCUT2D eigenvalue weighted by Gasteiger charge is -2.17. The van der Waals surface area contributed by atoms with E-state index in [2.05, 4.69) is 58.7 Å². The van der Waals surface area contributed by atoms with Gasteiger partial charge in [0.2, 0.25) is 0 Å². The van der Waals surface area contributed by atoms with Crippen LogP contribution in [0.5, 0.6) is 0 Å². The molecule has 1 aliphatic rings. The topological polar surface area (TPSA) is 42.3 Å². The molecule has 0 radical (unpaired) electrons. The highest BCUT2D eigenvalue weighted by Gasteiger charge is 2.30.